The van der Waals surface area contributed by atoms with E-state index in [0.717, 1.165) is 59.3 Å². The average molecular weight is 507 g/mol. The third-order valence-corrected chi connectivity index (χ3v) is 8.23. The van der Waals surface area contributed by atoms with Gasteiger partial charge in [-0.1, -0.05) is 0 Å². The predicted molar refractivity (Wildman–Crippen MR) is 133 cm³/mol. The molecule has 2 aromatic heterocycles. The lowest BCUT2D eigenvalue weighted by molar-refractivity contribution is -0.0937. The zero-order valence-corrected chi connectivity index (χ0v) is 20.3. The lowest BCUT2D eigenvalue weighted by Gasteiger charge is -2.32. The van der Waals surface area contributed by atoms with Crippen molar-refractivity contribution in [1.29, 1.82) is 5.26 Å². The van der Waals surface area contributed by atoms with Crippen molar-refractivity contribution < 1.29 is 23.7 Å². The van der Waals surface area contributed by atoms with Crippen LogP contribution in [0.2, 0.25) is 0 Å². The highest BCUT2D eigenvalue weighted by Crippen LogP contribution is 2.48. The van der Waals surface area contributed by atoms with Gasteiger partial charge >= 0.3 is 0 Å². The first kappa shape index (κ1) is 24.0. The first-order valence-electron chi connectivity index (χ1n) is 12.8. The van der Waals surface area contributed by atoms with Crippen molar-refractivity contribution in [3.05, 3.63) is 58.9 Å². The molecule has 3 N–H and O–H groups in total. The van der Waals surface area contributed by atoms with Crippen molar-refractivity contribution >= 4 is 21.8 Å². The van der Waals surface area contributed by atoms with Crippen LogP contribution in [0.25, 0.3) is 27.5 Å². The molecule has 2 fully saturated rings. The summed E-state index contributed by atoms with van der Waals surface area (Å²) in [5.41, 5.74) is 4.45. The predicted octanol–water partition coefficient (Wildman–Crippen LogP) is 5.14. The molecule has 1 saturated heterocycles. The van der Waals surface area contributed by atoms with Crippen molar-refractivity contribution in [1.82, 2.24) is 14.8 Å². The summed E-state index contributed by atoms with van der Waals surface area (Å²) in [7, 11) is 0. The Morgan fingerprint density at radius 2 is 1.78 bits per heavy atom. The minimum Gasteiger partial charge on any atom is -0.381 e. The second-order valence-electron chi connectivity index (χ2n) is 10.2. The van der Waals surface area contributed by atoms with Crippen molar-refractivity contribution in [3.63, 3.8) is 0 Å². The number of nitrogens with one attached hydrogen (secondary N) is 1. The van der Waals surface area contributed by atoms with Crippen LogP contribution in [0.4, 0.5) is 8.78 Å². The Balaban J connectivity index is 1.68. The van der Waals surface area contributed by atoms with Gasteiger partial charge in [-0.15, -0.1) is 0 Å². The zero-order chi connectivity index (χ0) is 25.7. The molecule has 37 heavy (non-hydrogen) atoms. The smallest absolute Gasteiger partial charge is 0.160 e. The van der Waals surface area contributed by atoms with Gasteiger partial charge in [0.1, 0.15) is 6.07 Å². The molecule has 0 radical (unpaired) electrons. The van der Waals surface area contributed by atoms with Gasteiger partial charge in [0, 0.05) is 53.3 Å². The third kappa shape index (κ3) is 4.00. The molecular formula is C28H28F2N4O3. The number of aromatic amines is 1. The molecule has 0 bridgehead atoms. The normalized spacial score (nSPS) is 21.2. The van der Waals surface area contributed by atoms with Crippen LogP contribution in [0.3, 0.4) is 0 Å². The molecule has 192 valence electrons. The highest BCUT2D eigenvalue weighted by molar-refractivity contribution is 6.05. The Labute approximate surface area is 212 Å². The summed E-state index contributed by atoms with van der Waals surface area (Å²) >= 11 is 0. The summed E-state index contributed by atoms with van der Waals surface area (Å²) in [5, 5.41) is 38.6. The number of hydrogen-bond donors (Lipinski definition) is 3. The van der Waals surface area contributed by atoms with E-state index in [-0.39, 0.29) is 17.8 Å². The summed E-state index contributed by atoms with van der Waals surface area (Å²) in [6.45, 7) is 1.20. The fourth-order valence-corrected chi connectivity index (χ4v) is 6.41. The highest BCUT2D eigenvalue weighted by Gasteiger charge is 2.35. The Bertz CT molecular complexity index is 1510. The Morgan fingerprint density at radius 1 is 1.03 bits per heavy atom. The number of halogens is 2. The number of H-pyrrole nitrogens is 1. The molecule has 3 heterocycles. The minimum absolute atomic E-state index is 0.0781. The van der Waals surface area contributed by atoms with Gasteiger partial charge in [0.15, 0.2) is 17.9 Å². The number of fused-ring (bicyclic) bond motifs is 2. The molecule has 0 amide bonds. The number of aliphatic hydroxyl groups is 2. The first-order chi connectivity index (χ1) is 18.0. The van der Waals surface area contributed by atoms with Crippen molar-refractivity contribution in [2.24, 2.45) is 5.92 Å². The number of aliphatic hydroxyl groups excluding tert-OH is 1. The van der Waals surface area contributed by atoms with Crippen LogP contribution >= 0.6 is 0 Å². The second-order valence-corrected chi connectivity index (χ2v) is 10.2. The van der Waals surface area contributed by atoms with E-state index in [4.69, 9.17) is 4.74 Å². The average Bonchev–Trinajstić information content (AvgIpc) is 3.52. The number of ether oxygens (including phenoxy) is 1. The summed E-state index contributed by atoms with van der Waals surface area (Å²) in [5.74, 6) is -1.84. The third-order valence-electron chi connectivity index (χ3n) is 8.23. The fourth-order valence-electron chi connectivity index (χ4n) is 6.41. The van der Waals surface area contributed by atoms with Crippen LogP contribution in [0.1, 0.15) is 67.2 Å². The number of aromatic nitrogens is 3. The number of hydrogen-bond acceptors (Lipinski definition) is 5. The number of nitrogens with zero attached hydrogens (tertiary/aromatic N) is 3. The molecule has 1 aliphatic carbocycles. The van der Waals surface area contributed by atoms with E-state index in [0.29, 0.717) is 42.8 Å². The molecule has 1 saturated carbocycles. The Hall–Kier alpha value is -3.32. The molecule has 2 aliphatic rings. The Morgan fingerprint density at radius 3 is 2.46 bits per heavy atom. The van der Waals surface area contributed by atoms with E-state index in [1.165, 1.54) is 6.07 Å². The molecule has 7 nitrogen and oxygen atoms in total. The number of benzene rings is 2. The van der Waals surface area contributed by atoms with Gasteiger partial charge in [0.05, 0.1) is 22.8 Å². The minimum atomic E-state index is -1.35. The Kier molecular flexibility index (Phi) is 6.19. The maximum Gasteiger partial charge on any atom is 0.160 e. The van der Waals surface area contributed by atoms with E-state index >= 15 is 0 Å². The molecule has 9 heteroatoms. The van der Waals surface area contributed by atoms with Crippen LogP contribution in [-0.4, -0.2) is 44.5 Å². The van der Waals surface area contributed by atoms with Gasteiger partial charge in [0.25, 0.3) is 0 Å². The van der Waals surface area contributed by atoms with Gasteiger partial charge < -0.3 is 19.5 Å². The molecule has 0 spiro atoms. The summed E-state index contributed by atoms with van der Waals surface area (Å²) in [6, 6.07) is 8.29. The largest absolute Gasteiger partial charge is 0.381 e. The van der Waals surface area contributed by atoms with Gasteiger partial charge in [-0.2, -0.15) is 10.4 Å². The topological polar surface area (TPSA) is 107 Å². The number of rotatable bonds is 4. The van der Waals surface area contributed by atoms with Crippen molar-refractivity contribution in [2.45, 2.75) is 56.7 Å². The van der Waals surface area contributed by atoms with Crippen molar-refractivity contribution in [2.75, 3.05) is 13.2 Å². The van der Waals surface area contributed by atoms with Crippen LogP contribution in [0.5, 0.6) is 0 Å². The molecule has 6 rings (SSSR count). The maximum absolute atomic E-state index is 14.5. The maximum atomic E-state index is 14.5. The first-order valence-corrected chi connectivity index (χ1v) is 12.8. The second kappa shape index (κ2) is 9.53. The number of nitriles is 1. The summed E-state index contributed by atoms with van der Waals surface area (Å²) in [6.07, 6.45) is 4.66. The van der Waals surface area contributed by atoms with E-state index in [2.05, 4.69) is 16.3 Å². The fraction of sp³-hybridized carbons (Fsp3) is 0.429. The molecule has 1 aliphatic heterocycles. The van der Waals surface area contributed by atoms with E-state index < -0.39 is 17.9 Å². The van der Waals surface area contributed by atoms with Crippen LogP contribution in [0.15, 0.2) is 30.5 Å². The summed E-state index contributed by atoms with van der Waals surface area (Å²) in [4.78, 5) is 0. The van der Waals surface area contributed by atoms with E-state index in [9.17, 15) is 24.3 Å². The quantitative estimate of drug-likeness (QED) is 0.333. The van der Waals surface area contributed by atoms with Gasteiger partial charge in [-0.3, -0.25) is 5.10 Å². The lowest BCUT2D eigenvalue weighted by Crippen LogP contribution is -2.25. The summed E-state index contributed by atoms with van der Waals surface area (Å²) < 4.78 is 36.2. The van der Waals surface area contributed by atoms with Crippen LogP contribution in [0, 0.1) is 28.9 Å². The SMILES string of the molecule is N#Cc1c2[nH]ncc2cc2c1c(C1CCC(C(O)O)CC1)c(C1CCOCC1)n2-c1ccc(F)c(F)c1. The van der Waals surface area contributed by atoms with Crippen molar-refractivity contribution in [3.8, 4) is 11.8 Å². The van der Waals surface area contributed by atoms with Gasteiger partial charge in [0.2, 0.25) is 0 Å². The molecule has 0 atom stereocenters. The highest BCUT2D eigenvalue weighted by atomic mass is 19.2. The standard InChI is InChI=1S/C28H28F2N4O3/c29-21-6-5-19(12-22(21)30)34-23-11-18-14-32-33-26(18)20(13-31)25(23)24(27(34)16-7-9-37-10-8-16)15-1-3-17(4-2-15)28(35)36/h5-6,11-12,14-17,28,35-36H,1-4,7-10H2,(H,32,33). The van der Waals surface area contributed by atoms with Crippen LogP contribution in [-0.2, 0) is 4.74 Å². The lowest BCUT2D eigenvalue weighted by atomic mass is 9.75. The molecular weight excluding hydrogens is 478 g/mol. The van der Waals surface area contributed by atoms with Gasteiger partial charge in [-0.25, -0.2) is 8.78 Å². The van der Waals surface area contributed by atoms with Crippen LogP contribution < -0.4 is 0 Å². The van der Waals surface area contributed by atoms with E-state index in [1.54, 1.807) is 12.3 Å². The van der Waals surface area contributed by atoms with Gasteiger partial charge in [-0.05, 0) is 68.2 Å². The molecule has 2 aromatic carbocycles. The zero-order valence-electron chi connectivity index (χ0n) is 20.3. The molecule has 0 unspecified atom stereocenters. The van der Waals surface area contributed by atoms with E-state index in [1.807, 2.05) is 10.6 Å². The monoisotopic (exact) mass is 506 g/mol. The molecule has 4 aromatic rings.